The van der Waals surface area contributed by atoms with Gasteiger partial charge in [-0.1, -0.05) is 6.07 Å². The normalized spacial score (nSPS) is 11.4. The summed E-state index contributed by atoms with van der Waals surface area (Å²) >= 11 is 0. The van der Waals surface area contributed by atoms with Gasteiger partial charge in [-0.15, -0.1) is 0 Å². The number of alkyl halides is 3. The van der Waals surface area contributed by atoms with Crippen LogP contribution in [0.5, 0.6) is 5.75 Å². The van der Waals surface area contributed by atoms with Crippen LogP contribution in [0, 0.1) is 0 Å². The number of aromatic nitrogens is 1. The van der Waals surface area contributed by atoms with Crippen molar-refractivity contribution in [3.63, 3.8) is 0 Å². The number of fused-ring (bicyclic) bond motifs is 1. The third kappa shape index (κ3) is 3.79. The highest BCUT2D eigenvalue weighted by Crippen LogP contribution is 2.33. The zero-order valence-electron chi connectivity index (χ0n) is 14.2. The number of halogens is 3. The smallest absolute Gasteiger partial charge is 0.418 e. The summed E-state index contributed by atoms with van der Waals surface area (Å²) in [5.41, 5.74) is -1.95. The molecule has 27 heavy (non-hydrogen) atoms. The van der Waals surface area contributed by atoms with Gasteiger partial charge in [0.15, 0.2) is 0 Å². The van der Waals surface area contributed by atoms with Gasteiger partial charge in [-0.2, -0.15) is 13.2 Å². The zero-order valence-corrected chi connectivity index (χ0v) is 14.2. The summed E-state index contributed by atoms with van der Waals surface area (Å²) in [5, 5.41) is 2.34. The van der Waals surface area contributed by atoms with E-state index in [0.717, 1.165) is 18.3 Å². The third-order valence-corrected chi connectivity index (χ3v) is 3.89. The number of pyridine rings is 1. The van der Waals surface area contributed by atoms with E-state index in [-0.39, 0.29) is 16.5 Å². The highest BCUT2D eigenvalue weighted by molar-refractivity contribution is 6.05. The van der Waals surface area contributed by atoms with Crippen LogP contribution in [-0.2, 0) is 6.18 Å². The fourth-order valence-corrected chi connectivity index (χ4v) is 2.66. The maximum absolute atomic E-state index is 13.1. The Morgan fingerprint density at radius 2 is 1.85 bits per heavy atom. The van der Waals surface area contributed by atoms with E-state index in [0.29, 0.717) is 18.0 Å². The number of ether oxygens (including phenoxy) is 1. The molecule has 1 heterocycles. The van der Waals surface area contributed by atoms with Gasteiger partial charge >= 0.3 is 6.18 Å². The number of amides is 1. The van der Waals surface area contributed by atoms with Gasteiger partial charge in [0.05, 0.1) is 17.7 Å². The minimum atomic E-state index is -4.62. The Hall–Kier alpha value is -3.29. The standard InChI is InChI=1S/C19H15F3N2O3/c1-2-27-12-8-6-11(7-9-12)24-18(26)14-10-23-16-13(17(14)25)4-3-5-15(16)19(20,21)22/h3-10H,2H2,1H3,(H,23,25)(H,24,26). The van der Waals surface area contributed by atoms with E-state index in [9.17, 15) is 22.8 Å². The first-order valence-corrected chi connectivity index (χ1v) is 8.07. The van der Waals surface area contributed by atoms with Crippen LogP contribution in [0.1, 0.15) is 22.8 Å². The molecule has 140 valence electrons. The van der Waals surface area contributed by atoms with Crippen molar-refractivity contribution in [1.82, 2.24) is 4.98 Å². The molecule has 0 saturated heterocycles. The quantitative estimate of drug-likeness (QED) is 0.717. The van der Waals surface area contributed by atoms with Gasteiger partial charge in [-0.3, -0.25) is 9.59 Å². The van der Waals surface area contributed by atoms with E-state index in [2.05, 4.69) is 10.3 Å². The summed E-state index contributed by atoms with van der Waals surface area (Å²) in [6.45, 7) is 2.34. The summed E-state index contributed by atoms with van der Waals surface area (Å²) in [6.07, 6.45) is -3.63. The van der Waals surface area contributed by atoms with Gasteiger partial charge < -0.3 is 15.0 Å². The Labute approximate surface area is 151 Å². The highest BCUT2D eigenvalue weighted by atomic mass is 19.4. The second-order valence-corrected chi connectivity index (χ2v) is 5.67. The fourth-order valence-electron chi connectivity index (χ4n) is 2.66. The van der Waals surface area contributed by atoms with Gasteiger partial charge in [0, 0.05) is 17.3 Å². The Morgan fingerprint density at radius 3 is 2.48 bits per heavy atom. The van der Waals surface area contributed by atoms with Gasteiger partial charge in [-0.05, 0) is 43.3 Å². The number of carbonyl (C=O) groups is 1. The average molecular weight is 376 g/mol. The number of carbonyl (C=O) groups excluding carboxylic acids is 1. The molecule has 0 aliphatic carbocycles. The molecule has 0 radical (unpaired) electrons. The Morgan fingerprint density at radius 1 is 1.15 bits per heavy atom. The van der Waals surface area contributed by atoms with Crippen LogP contribution in [0.4, 0.5) is 18.9 Å². The van der Waals surface area contributed by atoms with Crippen molar-refractivity contribution in [3.05, 3.63) is 70.0 Å². The number of hydrogen-bond acceptors (Lipinski definition) is 3. The Bertz CT molecular complexity index is 1040. The van der Waals surface area contributed by atoms with Crippen LogP contribution in [-0.4, -0.2) is 17.5 Å². The summed E-state index contributed by atoms with van der Waals surface area (Å²) in [7, 11) is 0. The molecule has 1 aromatic heterocycles. The Kier molecular flexibility index (Phi) is 4.89. The zero-order chi connectivity index (χ0) is 19.6. The maximum atomic E-state index is 13.1. The van der Waals surface area contributed by atoms with Crippen molar-refractivity contribution in [2.45, 2.75) is 13.1 Å². The lowest BCUT2D eigenvalue weighted by Gasteiger charge is -2.11. The van der Waals surface area contributed by atoms with Crippen molar-refractivity contribution in [2.75, 3.05) is 11.9 Å². The maximum Gasteiger partial charge on any atom is 0.418 e. The van der Waals surface area contributed by atoms with Crippen LogP contribution in [0.3, 0.4) is 0 Å². The Balaban J connectivity index is 1.94. The second kappa shape index (κ2) is 7.14. The molecule has 8 heteroatoms. The predicted octanol–water partition coefficient (Wildman–Crippen LogP) is 4.20. The third-order valence-electron chi connectivity index (χ3n) is 3.89. The largest absolute Gasteiger partial charge is 0.494 e. The van der Waals surface area contributed by atoms with E-state index in [1.807, 2.05) is 6.92 Å². The lowest BCUT2D eigenvalue weighted by atomic mass is 10.1. The molecule has 3 aromatic rings. The summed E-state index contributed by atoms with van der Waals surface area (Å²) in [6, 6.07) is 9.75. The van der Waals surface area contributed by atoms with Gasteiger partial charge in [0.25, 0.3) is 5.91 Å². The van der Waals surface area contributed by atoms with Crippen molar-refractivity contribution in [1.29, 1.82) is 0 Å². The SMILES string of the molecule is CCOc1ccc(NC(=O)c2c[nH]c3c(C(F)(F)F)cccc3c2=O)cc1. The van der Waals surface area contributed by atoms with Crippen LogP contribution >= 0.6 is 0 Å². The monoisotopic (exact) mass is 376 g/mol. The first kappa shape index (κ1) is 18.5. The lowest BCUT2D eigenvalue weighted by Crippen LogP contribution is -2.22. The molecule has 2 aromatic carbocycles. The topological polar surface area (TPSA) is 71.2 Å². The number of para-hydroxylation sites is 1. The molecule has 0 saturated carbocycles. The molecule has 0 bridgehead atoms. The van der Waals surface area contributed by atoms with Crippen molar-refractivity contribution < 1.29 is 22.7 Å². The minimum Gasteiger partial charge on any atom is -0.494 e. The van der Waals surface area contributed by atoms with E-state index >= 15 is 0 Å². The number of aromatic amines is 1. The first-order chi connectivity index (χ1) is 12.8. The minimum absolute atomic E-state index is 0.204. The van der Waals surface area contributed by atoms with Crippen molar-refractivity contribution in [2.24, 2.45) is 0 Å². The molecular formula is C19H15F3N2O3. The first-order valence-electron chi connectivity index (χ1n) is 8.07. The fraction of sp³-hybridized carbons (Fsp3) is 0.158. The summed E-state index contributed by atoms with van der Waals surface area (Å²) in [4.78, 5) is 27.3. The number of H-pyrrole nitrogens is 1. The summed E-state index contributed by atoms with van der Waals surface area (Å²) in [5.74, 6) is -0.0987. The van der Waals surface area contributed by atoms with Gasteiger partial charge in [0.1, 0.15) is 11.3 Å². The average Bonchev–Trinajstić information content (AvgIpc) is 2.62. The van der Waals surface area contributed by atoms with Crippen LogP contribution in [0.25, 0.3) is 10.9 Å². The molecule has 0 atom stereocenters. The molecule has 3 rings (SSSR count). The molecule has 0 spiro atoms. The van der Waals surface area contributed by atoms with Crippen LogP contribution < -0.4 is 15.5 Å². The molecular weight excluding hydrogens is 361 g/mol. The molecule has 5 nitrogen and oxygen atoms in total. The van der Waals surface area contributed by atoms with Crippen molar-refractivity contribution >= 4 is 22.5 Å². The van der Waals surface area contributed by atoms with E-state index in [1.165, 1.54) is 6.07 Å². The van der Waals surface area contributed by atoms with Crippen molar-refractivity contribution in [3.8, 4) is 5.75 Å². The highest BCUT2D eigenvalue weighted by Gasteiger charge is 2.33. The van der Waals surface area contributed by atoms with E-state index < -0.39 is 23.1 Å². The lowest BCUT2D eigenvalue weighted by molar-refractivity contribution is -0.136. The number of nitrogens with one attached hydrogen (secondary N) is 2. The molecule has 0 aliphatic rings. The number of anilines is 1. The van der Waals surface area contributed by atoms with Gasteiger partial charge in [-0.25, -0.2) is 0 Å². The molecule has 0 unspecified atom stereocenters. The summed E-state index contributed by atoms with van der Waals surface area (Å²) < 4.78 is 44.5. The van der Waals surface area contributed by atoms with E-state index in [1.54, 1.807) is 24.3 Å². The van der Waals surface area contributed by atoms with Crippen LogP contribution in [0.2, 0.25) is 0 Å². The van der Waals surface area contributed by atoms with E-state index in [4.69, 9.17) is 4.74 Å². The molecule has 0 aliphatic heterocycles. The van der Waals surface area contributed by atoms with Gasteiger partial charge in [0.2, 0.25) is 5.43 Å². The predicted molar refractivity (Wildman–Crippen MR) is 95.1 cm³/mol. The number of benzene rings is 2. The molecule has 2 N–H and O–H groups in total. The van der Waals surface area contributed by atoms with Crippen LogP contribution in [0.15, 0.2) is 53.5 Å². The number of rotatable bonds is 4. The molecule has 0 fully saturated rings. The molecule has 1 amide bonds. The second-order valence-electron chi connectivity index (χ2n) is 5.67. The number of hydrogen-bond donors (Lipinski definition) is 2.